The molecule has 0 saturated carbocycles. The Morgan fingerprint density at radius 2 is 2.06 bits per heavy atom. The van der Waals surface area contributed by atoms with Gasteiger partial charge in [0.25, 0.3) is 0 Å². The van der Waals surface area contributed by atoms with Crippen LogP contribution in [0.2, 0.25) is 0 Å². The smallest absolute Gasteiger partial charge is 0.0515 e. The Morgan fingerprint density at radius 3 is 2.78 bits per heavy atom. The fourth-order valence-corrected chi connectivity index (χ4v) is 3.05. The summed E-state index contributed by atoms with van der Waals surface area (Å²) in [6.07, 6.45) is 2.46. The fourth-order valence-electron chi connectivity index (χ4n) is 3.05. The van der Waals surface area contributed by atoms with Gasteiger partial charge in [-0.05, 0) is 43.0 Å². The van der Waals surface area contributed by atoms with Gasteiger partial charge in [0, 0.05) is 29.6 Å². The second-order valence-electron chi connectivity index (χ2n) is 6.20. The number of hydrogen-bond acceptors (Lipinski definition) is 1. The first kappa shape index (κ1) is 11.8. The van der Waals surface area contributed by atoms with Crippen molar-refractivity contribution in [3.63, 3.8) is 0 Å². The van der Waals surface area contributed by atoms with E-state index >= 15 is 0 Å². The number of nitrogens with zero attached hydrogens (tertiary/aromatic N) is 1. The van der Waals surface area contributed by atoms with Gasteiger partial charge >= 0.3 is 0 Å². The van der Waals surface area contributed by atoms with Crippen LogP contribution >= 0.6 is 0 Å². The Labute approximate surface area is 109 Å². The summed E-state index contributed by atoms with van der Waals surface area (Å²) in [6.45, 7) is 8.53. The molecule has 2 N–H and O–H groups in total. The van der Waals surface area contributed by atoms with Gasteiger partial charge in [0.2, 0.25) is 0 Å². The van der Waals surface area contributed by atoms with Crippen LogP contribution in [0.25, 0.3) is 10.9 Å². The third-order valence-corrected chi connectivity index (χ3v) is 4.40. The molecule has 0 saturated heterocycles. The van der Waals surface area contributed by atoms with Crippen LogP contribution in [0.15, 0.2) is 18.2 Å². The molecular formula is C16H22N2. The van der Waals surface area contributed by atoms with Crippen LogP contribution in [0.5, 0.6) is 0 Å². The zero-order valence-electron chi connectivity index (χ0n) is 11.6. The minimum atomic E-state index is 0.0676. The molecule has 96 valence electrons. The zero-order chi connectivity index (χ0) is 12.9. The molecule has 1 aromatic carbocycles. The van der Waals surface area contributed by atoms with E-state index in [1.807, 2.05) is 0 Å². The minimum Gasteiger partial charge on any atom is -0.345 e. The number of aromatic nitrogens is 1. The van der Waals surface area contributed by atoms with Crippen molar-refractivity contribution in [3.8, 4) is 0 Å². The molecule has 2 heteroatoms. The van der Waals surface area contributed by atoms with Crippen LogP contribution < -0.4 is 5.73 Å². The van der Waals surface area contributed by atoms with Crippen LogP contribution in [0.3, 0.4) is 0 Å². The van der Waals surface area contributed by atoms with E-state index in [-0.39, 0.29) is 5.41 Å². The maximum absolute atomic E-state index is 5.92. The number of hydrogen-bond donors (Lipinski definition) is 1. The van der Waals surface area contributed by atoms with Gasteiger partial charge in [-0.25, -0.2) is 0 Å². The SMILES string of the molecule is Cc1cc2cc(C(C)(C)CN)cc3c2n1CCC3. The Balaban J connectivity index is 2.28. The van der Waals surface area contributed by atoms with E-state index in [1.165, 1.54) is 47.1 Å². The molecule has 1 aliphatic rings. The van der Waals surface area contributed by atoms with Crippen LogP contribution in [0, 0.1) is 6.92 Å². The minimum absolute atomic E-state index is 0.0676. The van der Waals surface area contributed by atoms with Gasteiger partial charge in [-0.15, -0.1) is 0 Å². The lowest BCUT2D eigenvalue weighted by Gasteiger charge is -2.26. The van der Waals surface area contributed by atoms with Gasteiger partial charge in [-0.3, -0.25) is 0 Å². The average Bonchev–Trinajstić information content (AvgIpc) is 2.68. The second-order valence-corrected chi connectivity index (χ2v) is 6.20. The predicted octanol–water partition coefficient (Wildman–Crippen LogP) is 3.13. The number of nitrogens with two attached hydrogens (primary N) is 1. The van der Waals surface area contributed by atoms with Gasteiger partial charge in [0.1, 0.15) is 0 Å². The molecule has 0 unspecified atom stereocenters. The van der Waals surface area contributed by atoms with Gasteiger partial charge in [0.05, 0.1) is 5.52 Å². The summed E-state index contributed by atoms with van der Waals surface area (Å²) >= 11 is 0. The molecule has 1 aromatic heterocycles. The van der Waals surface area contributed by atoms with E-state index in [1.54, 1.807) is 0 Å². The van der Waals surface area contributed by atoms with Crippen molar-refractivity contribution in [1.82, 2.24) is 4.57 Å². The van der Waals surface area contributed by atoms with Crippen LogP contribution in [0.4, 0.5) is 0 Å². The molecule has 2 aromatic rings. The van der Waals surface area contributed by atoms with E-state index in [0.29, 0.717) is 6.54 Å². The lowest BCUT2D eigenvalue weighted by molar-refractivity contribution is 0.537. The lowest BCUT2D eigenvalue weighted by Crippen LogP contribution is -2.28. The van der Waals surface area contributed by atoms with E-state index in [0.717, 1.165) is 0 Å². The van der Waals surface area contributed by atoms with Gasteiger partial charge in [-0.1, -0.05) is 19.9 Å². The summed E-state index contributed by atoms with van der Waals surface area (Å²) in [6, 6.07) is 7.03. The van der Waals surface area contributed by atoms with Crippen molar-refractivity contribution in [2.45, 2.75) is 45.6 Å². The number of aryl methyl sites for hydroxylation is 3. The third kappa shape index (κ3) is 1.59. The molecule has 18 heavy (non-hydrogen) atoms. The summed E-state index contributed by atoms with van der Waals surface area (Å²) in [4.78, 5) is 0. The maximum Gasteiger partial charge on any atom is 0.0515 e. The van der Waals surface area contributed by atoms with Gasteiger partial charge in [-0.2, -0.15) is 0 Å². The van der Waals surface area contributed by atoms with Crippen LogP contribution in [0.1, 0.15) is 37.1 Å². The largest absolute Gasteiger partial charge is 0.345 e. The van der Waals surface area contributed by atoms with Crippen LogP contribution in [-0.4, -0.2) is 11.1 Å². The van der Waals surface area contributed by atoms with E-state index in [4.69, 9.17) is 5.73 Å². The first-order valence-electron chi connectivity index (χ1n) is 6.86. The first-order chi connectivity index (χ1) is 8.53. The quantitative estimate of drug-likeness (QED) is 0.861. The molecule has 0 amide bonds. The first-order valence-corrected chi connectivity index (χ1v) is 6.86. The van der Waals surface area contributed by atoms with Crippen molar-refractivity contribution in [1.29, 1.82) is 0 Å². The second kappa shape index (κ2) is 3.86. The summed E-state index contributed by atoms with van der Waals surface area (Å²) in [5.41, 5.74) is 11.7. The normalized spacial score (nSPS) is 15.3. The molecule has 0 atom stereocenters. The molecule has 0 fully saturated rings. The van der Waals surface area contributed by atoms with E-state index in [9.17, 15) is 0 Å². The molecule has 2 heterocycles. The highest BCUT2D eigenvalue weighted by Crippen LogP contribution is 2.33. The molecule has 1 aliphatic heterocycles. The summed E-state index contributed by atoms with van der Waals surface area (Å²) in [7, 11) is 0. The standard InChI is InChI=1S/C16H22N2/c1-11-7-13-9-14(16(2,3)10-17)8-12-5-4-6-18(11)15(12)13/h7-9H,4-6,10,17H2,1-3H3. The Morgan fingerprint density at radius 1 is 1.28 bits per heavy atom. The molecule has 0 radical (unpaired) electrons. The molecule has 3 rings (SSSR count). The highest BCUT2D eigenvalue weighted by atomic mass is 15.0. The van der Waals surface area contributed by atoms with Crippen molar-refractivity contribution in [2.24, 2.45) is 5.73 Å². The van der Waals surface area contributed by atoms with Crippen molar-refractivity contribution in [3.05, 3.63) is 35.0 Å². The summed E-state index contributed by atoms with van der Waals surface area (Å²) in [5, 5.41) is 1.39. The van der Waals surface area contributed by atoms with Crippen molar-refractivity contribution >= 4 is 10.9 Å². The summed E-state index contributed by atoms with van der Waals surface area (Å²) < 4.78 is 2.47. The van der Waals surface area contributed by atoms with E-state index in [2.05, 4.69) is 43.5 Å². The third-order valence-electron chi connectivity index (χ3n) is 4.40. The average molecular weight is 242 g/mol. The topological polar surface area (TPSA) is 30.9 Å². The number of rotatable bonds is 2. The maximum atomic E-state index is 5.92. The molecule has 0 spiro atoms. The molecule has 0 aliphatic carbocycles. The number of benzene rings is 1. The highest BCUT2D eigenvalue weighted by molar-refractivity contribution is 5.86. The van der Waals surface area contributed by atoms with Gasteiger partial charge < -0.3 is 10.3 Å². The molecule has 0 bridgehead atoms. The molecule has 2 nitrogen and oxygen atoms in total. The monoisotopic (exact) mass is 242 g/mol. The summed E-state index contributed by atoms with van der Waals surface area (Å²) in [5.74, 6) is 0. The van der Waals surface area contributed by atoms with Crippen molar-refractivity contribution < 1.29 is 0 Å². The van der Waals surface area contributed by atoms with Gasteiger partial charge in [0.15, 0.2) is 0 Å². The zero-order valence-corrected chi connectivity index (χ0v) is 11.6. The fraction of sp³-hybridized carbons (Fsp3) is 0.500. The highest BCUT2D eigenvalue weighted by Gasteiger charge is 2.22. The van der Waals surface area contributed by atoms with Crippen molar-refractivity contribution in [2.75, 3.05) is 6.54 Å². The predicted molar refractivity (Wildman–Crippen MR) is 77.1 cm³/mol. The Hall–Kier alpha value is -1.28. The van der Waals surface area contributed by atoms with Crippen LogP contribution in [-0.2, 0) is 18.4 Å². The van der Waals surface area contributed by atoms with E-state index < -0.39 is 0 Å². The Kier molecular flexibility index (Phi) is 2.53. The Bertz CT molecular complexity index is 605. The molecular weight excluding hydrogens is 220 g/mol. The lowest BCUT2D eigenvalue weighted by atomic mass is 9.82.